The van der Waals surface area contributed by atoms with Crippen molar-refractivity contribution < 1.29 is 24.2 Å². The van der Waals surface area contributed by atoms with Gasteiger partial charge in [-0.25, -0.2) is 9.18 Å². The summed E-state index contributed by atoms with van der Waals surface area (Å²) in [5.41, 5.74) is -1.54. The van der Waals surface area contributed by atoms with Crippen LogP contribution in [-0.2, 0) is 4.79 Å². The molecule has 6 heteroatoms. The largest absolute Gasteiger partial charge is 0.507 e. The van der Waals surface area contributed by atoms with Crippen LogP contribution < -0.4 is 5.32 Å². The predicted molar refractivity (Wildman–Crippen MR) is 59.7 cm³/mol. The molecule has 1 aromatic carbocycles. The normalized spacial score (nSPS) is 16.7. The molecule has 2 rings (SSSR count). The third kappa shape index (κ3) is 2.01. The second kappa shape index (κ2) is 4.29. The number of phenolic OH excluding ortho intramolecular Hbond substituents is 1. The monoisotopic (exact) mass is 253 g/mol. The summed E-state index contributed by atoms with van der Waals surface area (Å²) in [6.07, 6.45) is 1.38. The highest BCUT2D eigenvalue weighted by Gasteiger charge is 2.46. The number of benzene rings is 1. The molecule has 96 valence electrons. The Labute approximate surface area is 102 Å². The molecule has 0 radical (unpaired) electrons. The van der Waals surface area contributed by atoms with Crippen molar-refractivity contribution in [2.45, 2.75) is 24.8 Å². The first kappa shape index (κ1) is 12.3. The van der Waals surface area contributed by atoms with Crippen molar-refractivity contribution in [1.82, 2.24) is 5.32 Å². The van der Waals surface area contributed by atoms with Crippen molar-refractivity contribution in [3.05, 3.63) is 29.6 Å². The SMILES string of the molecule is O=C(NC1(C(=O)O)CCC1)c1cc(F)ccc1O. The highest BCUT2D eigenvalue weighted by Crippen LogP contribution is 2.32. The number of halogens is 1. The average Bonchev–Trinajstić information content (AvgIpc) is 2.26. The molecule has 0 aliphatic heterocycles. The lowest BCUT2D eigenvalue weighted by molar-refractivity contribution is -0.148. The fraction of sp³-hybridized carbons (Fsp3) is 0.333. The van der Waals surface area contributed by atoms with E-state index in [-0.39, 0.29) is 11.3 Å². The molecule has 1 aromatic rings. The van der Waals surface area contributed by atoms with Gasteiger partial charge in [0.25, 0.3) is 5.91 Å². The van der Waals surface area contributed by atoms with Gasteiger partial charge in [-0.05, 0) is 37.5 Å². The molecule has 1 aliphatic rings. The fourth-order valence-corrected chi connectivity index (χ4v) is 1.90. The molecule has 1 saturated carbocycles. The van der Waals surface area contributed by atoms with E-state index in [1.807, 2.05) is 0 Å². The van der Waals surface area contributed by atoms with Crippen LogP contribution in [0.2, 0.25) is 0 Å². The summed E-state index contributed by atoms with van der Waals surface area (Å²) in [5.74, 6) is -2.95. The number of amides is 1. The maximum Gasteiger partial charge on any atom is 0.329 e. The van der Waals surface area contributed by atoms with Gasteiger partial charge in [-0.1, -0.05) is 0 Å². The molecule has 1 aliphatic carbocycles. The molecule has 0 unspecified atom stereocenters. The third-order valence-corrected chi connectivity index (χ3v) is 3.17. The lowest BCUT2D eigenvalue weighted by Crippen LogP contribution is -2.59. The molecule has 0 bridgehead atoms. The Kier molecular flexibility index (Phi) is 2.94. The average molecular weight is 253 g/mol. The Morgan fingerprint density at radius 2 is 2.00 bits per heavy atom. The standard InChI is InChI=1S/C12H12FNO4/c13-7-2-3-9(15)8(6-7)10(16)14-12(11(17)18)4-1-5-12/h2-3,6,15H,1,4-5H2,(H,14,16)(H,17,18). The highest BCUT2D eigenvalue weighted by atomic mass is 19.1. The first-order valence-corrected chi connectivity index (χ1v) is 5.49. The number of carbonyl (C=O) groups is 2. The number of phenols is 1. The maximum absolute atomic E-state index is 13.0. The zero-order valence-electron chi connectivity index (χ0n) is 9.44. The van der Waals surface area contributed by atoms with E-state index in [1.54, 1.807) is 0 Å². The van der Waals surface area contributed by atoms with Crippen molar-refractivity contribution in [2.24, 2.45) is 0 Å². The molecule has 18 heavy (non-hydrogen) atoms. The first-order chi connectivity index (χ1) is 8.44. The minimum atomic E-state index is -1.28. The minimum absolute atomic E-state index is 0.262. The van der Waals surface area contributed by atoms with Gasteiger partial charge in [-0.15, -0.1) is 0 Å². The Bertz CT molecular complexity index is 511. The number of aliphatic carboxylic acids is 1. The van der Waals surface area contributed by atoms with Crippen LogP contribution in [-0.4, -0.2) is 27.6 Å². The van der Waals surface area contributed by atoms with Gasteiger partial charge in [-0.3, -0.25) is 4.79 Å². The molecular formula is C12H12FNO4. The van der Waals surface area contributed by atoms with E-state index in [2.05, 4.69) is 5.32 Å². The Balaban J connectivity index is 2.22. The van der Waals surface area contributed by atoms with E-state index in [4.69, 9.17) is 5.11 Å². The predicted octanol–water partition coefficient (Wildman–Crippen LogP) is 1.27. The van der Waals surface area contributed by atoms with Crippen LogP contribution in [0.25, 0.3) is 0 Å². The number of carboxylic acids is 1. The van der Waals surface area contributed by atoms with E-state index in [1.165, 1.54) is 0 Å². The van der Waals surface area contributed by atoms with Crippen LogP contribution in [0.5, 0.6) is 5.75 Å². The van der Waals surface area contributed by atoms with E-state index < -0.39 is 23.2 Å². The van der Waals surface area contributed by atoms with Crippen LogP contribution in [0.4, 0.5) is 4.39 Å². The minimum Gasteiger partial charge on any atom is -0.507 e. The van der Waals surface area contributed by atoms with Crippen molar-refractivity contribution in [3.8, 4) is 5.75 Å². The van der Waals surface area contributed by atoms with Crippen LogP contribution in [0.3, 0.4) is 0 Å². The van der Waals surface area contributed by atoms with Gasteiger partial charge in [0.15, 0.2) is 0 Å². The molecule has 1 fully saturated rings. The summed E-state index contributed by atoms with van der Waals surface area (Å²) in [5, 5.41) is 20.9. The number of hydrogen-bond donors (Lipinski definition) is 3. The van der Waals surface area contributed by atoms with E-state index in [0.717, 1.165) is 18.2 Å². The quantitative estimate of drug-likeness (QED) is 0.757. The first-order valence-electron chi connectivity index (χ1n) is 5.49. The summed E-state index contributed by atoms with van der Waals surface area (Å²) in [6.45, 7) is 0. The zero-order valence-corrected chi connectivity index (χ0v) is 9.44. The lowest BCUT2D eigenvalue weighted by Gasteiger charge is -2.38. The van der Waals surface area contributed by atoms with Crippen molar-refractivity contribution in [3.63, 3.8) is 0 Å². The Morgan fingerprint density at radius 3 is 2.50 bits per heavy atom. The molecule has 3 N–H and O–H groups in total. The molecular weight excluding hydrogens is 241 g/mol. The molecule has 0 atom stereocenters. The summed E-state index contributed by atoms with van der Waals surface area (Å²) in [4.78, 5) is 22.9. The van der Waals surface area contributed by atoms with Crippen molar-refractivity contribution >= 4 is 11.9 Å². The van der Waals surface area contributed by atoms with Gasteiger partial charge in [0.2, 0.25) is 0 Å². The van der Waals surface area contributed by atoms with Crippen LogP contribution in [0.15, 0.2) is 18.2 Å². The van der Waals surface area contributed by atoms with Crippen LogP contribution in [0.1, 0.15) is 29.6 Å². The summed E-state index contributed by atoms with van der Waals surface area (Å²) < 4.78 is 13.0. The fourth-order valence-electron chi connectivity index (χ4n) is 1.90. The van der Waals surface area contributed by atoms with Crippen LogP contribution >= 0.6 is 0 Å². The summed E-state index contributed by atoms with van der Waals surface area (Å²) >= 11 is 0. The molecule has 0 heterocycles. The van der Waals surface area contributed by atoms with Gasteiger partial charge >= 0.3 is 5.97 Å². The van der Waals surface area contributed by atoms with Gasteiger partial charge in [-0.2, -0.15) is 0 Å². The number of carboxylic acid groups (broad SMARTS) is 1. The molecule has 1 amide bonds. The molecule has 5 nitrogen and oxygen atoms in total. The van der Waals surface area contributed by atoms with Crippen molar-refractivity contribution in [1.29, 1.82) is 0 Å². The Morgan fingerprint density at radius 1 is 1.33 bits per heavy atom. The van der Waals surface area contributed by atoms with E-state index >= 15 is 0 Å². The van der Waals surface area contributed by atoms with E-state index in [0.29, 0.717) is 19.3 Å². The van der Waals surface area contributed by atoms with Gasteiger partial charge in [0.1, 0.15) is 17.1 Å². The topological polar surface area (TPSA) is 86.6 Å². The van der Waals surface area contributed by atoms with Crippen molar-refractivity contribution in [2.75, 3.05) is 0 Å². The second-order valence-electron chi connectivity index (χ2n) is 4.36. The zero-order chi connectivity index (χ0) is 13.3. The highest BCUT2D eigenvalue weighted by molar-refractivity contribution is 6.00. The number of nitrogens with one attached hydrogen (secondary N) is 1. The number of rotatable bonds is 3. The molecule has 0 aromatic heterocycles. The second-order valence-corrected chi connectivity index (χ2v) is 4.36. The lowest BCUT2D eigenvalue weighted by atomic mass is 9.76. The summed E-state index contributed by atoms with van der Waals surface area (Å²) in [7, 11) is 0. The van der Waals surface area contributed by atoms with Crippen LogP contribution in [0, 0.1) is 5.82 Å². The van der Waals surface area contributed by atoms with Gasteiger partial charge in [0.05, 0.1) is 5.56 Å². The van der Waals surface area contributed by atoms with Gasteiger partial charge < -0.3 is 15.5 Å². The Hall–Kier alpha value is -2.11. The number of aromatic hydroxyl groups is 1. The van der Waals surface area contributed by atoms with Gasteiger partial charge in [0, 0.05) is 0 Å². The summed E-state index contributed by atoms with van der Waals surface area (Å²) in [6, 6.07) is 2.94. The smallest absolute Gasteiger partial charge is 0.329 e. The third-order valence-electron chi connectivity index (χ3n) is 3.17. The molecule has 0 spiro atoms. The maximum atomic E-state index is 13.0. The van der Waals surface area contributed by atoms with E-state index in [9.17, 15) is 19.1 Å². The number of hydrogen-bond acceptors (Lipinski definition) is 3. The number of carbonyl (C=O) groups excluding carboxylic acids is 1. The molecule has 0 saturated heterocycles.